The van der Waals surface area contributed by atoms with Crippen LogP contribution in [-0.2, 0) is 27.1 Å². The normalized spacial score (nSPS) is 19.0. The highest BCUT2D eigenvalue weighted by Crippen LogP contribution is 2.64. The molecule has 3 heterocycles. The van der Waals surface area contributed by atoms with Crippen LogP contribution in [0.25, 0.3) is 11.1 Å². The average molecular weight is 996 g/mol. The van der Waals surface area contributed by atoms with E-state index in [0.717, 1.165) is 12.8 Å². The van der Waals surface area contributed by atoms with E-state index in [2.05, 4.69) is 281 Å². The molecule has 3 nitrogen and oxygen atoms in total. The molecule has 1 fully saturated rings. The highest BCUT2D eigenvalue weighted by atomic mass is 15.3. The van der Waals surface area contributed by atoms with Gasteiger partial charge in [-0.3, -0.25) is 0 Å². The van der Waals surface area contributed by atoms with Crippen LogP contribution >= 0.6 is 0 Å². The van der Waals surface area contributed by atoms with Crippen LogP contribution in [0.1, 0.15) is 155 Å². The summed E-state index contributed by atoms with van der Waals surface area (Å²) in [6, 6.07) is 66.9. The van der Waals surface area contributed by atoms with Gasteiger partial charge in [0, 0.05) is 50.8 Å². The zero-order valence-corrected chi connectivity index (χ0v) is 47.9. The van der Waals surface area contributed by atoms with Crippen LogP contribution in [0, 0.1) is 6.92 Å². The first-order chi connectivity index (χ1) is 36.0. The van der Waals surface area contributed by atoms with Crippen molar-refractivity contribution < 1.29 is 0 Å². The van der Waals surface area contributed by atoms with Crippen LogP contribution < -0.4 is 31.1 Å². The lowest BCUT2D eigenvalue weighted by Gasteiger charge is -2.52. The molecule has 3 aliphatic heterocycles. The summed E-state index contributed by atoms with van der Waals surface area (Å²) in [5.41, 5.74) is 25.6. The predicted octanol–water partition coefficient (Wildman–Crippen LogP) is 17.7. The van der Waals surface area contributed by atoms with E-state index < -0.39 is 0 Å². The molecule has 12 rings (SSSR count). The topological polar surface area (TPSA) is 9.72 Å². The fourth-order valence-electron chi connectivity index (χ4n) is 14.0. The largest absolute Gasteiger partial charge is 0.334 e. The third-order valence-electron chi connectivity index (χ3n) is 18.2. The zero-order valence-electron chi connectivity index (χ0n) is 47.9. The smallest absolute Gasteiger partial charge is 0.252 e. The number of hydrogen-bond acceptors (Lipinski definition) is 3. The quantitative estimate of drug-likeness (QED) is 0.159. The molecule has 0 spiro atoms. The van der Waals surface area contributed by atoms with Gasteiger partial charge in [-0.05, 0) is 170 Å². The van der Waals surface area contributed by atoms with Crippen molar-refractivity contribution in [1.29, 1.82) is 0 Å². The molecule has 2 atom stereocenters. The Labute approximate surface area is 456 Å². The summed E-state index contributed by atoms with van der Waals surface area (Å²) in [6.07, 6.45) is 4.63. The summed E-state index contributed by atoms with van der Waals surface area (Å²) in [4.78, 5) is 8.08. The number of rotatable bonds is 5. The predicted molar refractivity (Wildman–Crippen MR) is 328 cm³/mol. The Bertz CT molecular complexity index is 3560. The van der Waals surface area contributed by atoms with Crippen LogP contribution in [0.5, 0.6) is 0 Å². The molecule has 1 aliphatic carbocycles. The molecular formula is C72H78BN3. The molecule has 384 valence electrons. The fourth-order valence-corrected chi connectivity index (χ4v) is 14.0. The van der Waals surface area contributed by atoms with Crippen molar-refractivity contribution >= 4 is 68.6 Å². The van der Waals surface area contributed by atoms with Crippen LogP contribution in [0.2, 0.25) is 0 Å². The maximum absolute atomic E-state index is 2.80. The first kappa shape index (κ1) is 50.1. The van der Waals surface area contributed by atoms with Crippen molar-refractivity contribution in [3.63, 3.8) is 0 Å². The lowest BCUT2D eigenvalue weighted by Crippen LogP contribution is -2.61. The van der Waals surface area contributed by atoms with Crippen molar-refractivity contribution in [3.05, 3.63) is 209 Å². The summed E-state index contributed by atoms with van der Waals surface area (Å²) in [7, 11) is 0. The Morgan fingerprint density at radius 2 is 0.921 bits per heavy atom. The number of benzene rings is 8. The molecule has 8 aromatic rings. The second kappa shape index (κ2) is 17.4. The lowest BCUT2D eigenvalue weighted by molar-refractivity contribution is 0.215. The third-order valence-corrected chi connectivity index (χ3v) is 18.2. The van der Waals surface area contributed by atoms with Gasteiger partial charge in [0.25, 0.3) is 6.71 Å². The minimum Gasteiger partial charge on any atom is -0.334 e. The molecule has 0 radical (unpaired) electrons. The van der Waals surface area contributed by atoms with Crippen molar-refractivity contribution in [2.45, 2.75) is 155 Å². The minimum absolute atomic E-state index is 0.0112. The van der Waals surface area contributed by atoms with Gasteiger partial charge >= 0.3 is 0 Å². The van der Waals surface area contributed by atoms with E-state index in [9.17, 15) is 0 Å². The standard InChI is InChI=1S/C72H78BN3/c1-47-41-64-66-65(42-47)75(60-37-30-51(68(5,6)7)43-56(60)48-23-17-15-18-24-48)62-45-53(70(11,12)13)29-35-58(62)73(66)59-36-34-55(46-63(59)74(64)54-32-27-49(28-33-54)67(2,3)4)76-61-38-31-52(69(8,9)10)44-57(61)72(50-25-19-16-20-26-50)40-22-21-39-71(72,76)14/h15-20,23-38,41-46H,21-22,39-40H2,1-14H3. The average Bonchev–Trinajstić information content (AvgIpc) is 3.79. The maximum atomic E-state index is 2.80. The van der Waals surface area contributed by atoms with Crippen LogP contribution in [0.3, 0.4) is 0 Å². The zero-order chi connectivity index (χ0) is 53.5. The number of anilines is 8. The second-order valence-corrected chi connectivity index (χ2v) is 27.3. The highest BCUT2D eigenvalue weighted by molar-refractivity contribution is 7.00. The van der Waals surface area contributed by atoms with E-state index in [4.69, 9.17) is 0 Å². The summed E-state index contributed by atoms with van der Waals surface area (Å²) < 4.78 is 0. The first-order valence-electron chi connectivity index (χ1n) is 28.3. The molecule has 0 saturated heterocycles. The Morgan fingerprint density at radius 3 is 1.55 bits per heavy atom. The van der Waals surface area contributed by atoms with Crippen LogP contribution in [0.4, 0.5) is 45.5 Å². The maximum Gasteiger partial charge on any atom is 0.252 e. The number of aryl methyl sites for hydroxylation is 1. The Hall–Kier alpha value is -6.78. The number of fused-ring (bicyclic) bond motifs is 7. The van der Waals surface area contributed by atoms with E-state index >= 15 is 0 Å². The van der Waals surface area contributed by atoms with E-state index in [1.807, 2.05) is 0 Å². The first-order valence-corrected chi connectivity index (χ1v) is 28.3. The van der Waals surface area contributed by atoms with Gasteiger partial charge in [0.05, 0.1) is 11.2 Å². The number of hydrogen-bond donors (Lipinski definition) is 0. The Balaban J connectivity index is 1.14. The van der Waals surface area contributed by atoms with Gasteiger partial charge in [0.2, 0.25) is 0 Å². The van der Waals surface area contributed by atoms with E-state index in [0.29, 0.717) is 0 Å². The SMILES string of the molecule is Cc1cc2c3c(c1)N(c1ccc(C(C)(C)C)cc1-c1ccccc1)c1cc(C(C)(C)C)ccc1B3c1ccc(N3c4ccc(C(C)(C)C)cc4C4(c5ccccc5)CCCCC34C)cc1N2c1ccc(C(C)(C)C)cc1. The van der Waals surface area contributed by atoms with Gasteiger partial charge in [-0.2, -0.15) is 0 Å². The van der Waals surface area contributed by atoms with Gasteiger partial charge in [-0.1, -0.05) is 205 Å². The fraction of sp³-hybridized carbons (Fsp3) is 0.333. The van der Waals surface area contributed by atoms with Crippen molar-refractivity contribution in [1.82, 2.24) is 0 Å². The van der Waals surface area contributed by atoms with Crippen molar-refractivity contribution in [2.24, 2.45) is 0 Å². The van der Waals surface area contributed by atoms with E-state index in [1.54, 1.807) is 0 Å². The van der Waals surface area contributed by atoms with Crippen molar-refractivity contribution in [2.75, 3.05) is 14.7 Å². The lowest BCUT2D eigenvalue weighted by atomic mass is 9.33. The summed E-state index contributed by atoms with van der Waals surface area (Å²) in [5.74, 6) is 0. The van der Waals surface area contributed by atoms with Gasteiger partial charge in [-0.15, -0.1) is 0 Å². The molecule has 1 saturated carbocycles. The second-order valence-electron chi connectivity index (χ2n) is 27.3. The van der Waals surface area contributed by atoms with Crippen LogP contribution in [0.15, 0.2) is 170 Å². The Morgan fingerprint density at radius 1 is 0.421 bits per heavy atom. The molecule has 8 aromatic carbocycles. The molecule has 4 aliphatic rings. The molecule has 0 amide bonds. The van der Waals surface area contributed by atoms with Gasteiger partial charge in [-0.25, -0.2) is 0 Å². The van der Waals surface area contributed by atoms with Crippen molar-refractivity contribution in [3.8, 4) is 11.1 Å². The summed E-state index contributed by atoms with van der Waals surface area (Å²) in [5, 5.41) is 0. The third kappa shape index (κ3) is 7.74. The van der Waals surface area contributed by atoms with Gasteiger partial charge < -0.3 is 14.7 Å². The highest BCUT2D eigenvalue weighted by Gasteiger charge is 2.61. The van der Waals surface area contributed by atoms with Gasteiger partial charge in [0.15, 0.2) is 0 Å². The van der Waals surface area contributed by atoms with E-state index in [-0.39, 0.29) is 39.3 Å². The molecule has 2 unspecified atom stereocenters. The molecule has 0 aromatic heterocycles. The molecular weight excluding hydrogens is 918 g/mol. The monoisotopic (exact) mass is 996 g/mol. The Kier molecular flexibility index (Phi) is 11.4. The summed E-state index contributed by atoms with van der Waals surface area (Å²) in [6.45, 7) is 33.0. The minimum atomic E-state index is -0.213. The summed E-state index contributed by atoms with van der Waals surface area (Å²) >= 11 is 0. The molecule has 76 heavy (non-hydrogen) atoms. The van der Waals surface area contributed by atoms with E-state index in [1.165, 1.54) is 125 Å². The van der Waals surface area contributed by atoms with Crippen LogP contribution in [-0.4, -0.2) is 12.3 Å². The molecule has 4 heteroatoms. The van der Waals surface area contributed by atoms with Gasteiger partial charge in [0.1, 0.15) is 0 Å². The molecule has 0 bridgehead atoms. The number of nitrogens with zero attached hydrogens (tertiary/aromatic N) is 3. The molecule has 0 N–H and O–H groups in total.